The number of thioether (sulfide) groups is 1. The van der Waals surface area contributed by atoms with E-state index >= 15 is 0 Å². The van der Waals surface area contributed by atoms with Crippen LogP contribution in [0.25, 0.3) is 0 Å². The molecule has 0 unspecified atom stereocenters. The second-order valence-electron chi connectivity index (χ2n) is 8.18. The van der Waals surface area contributed by atoms with E-state index in [1.54, 1.807) is 0 Å². The summed E-state index contributed by atoms with van der Waals surface area (Å²) >= 11 is 1.34. The zero-order chi connectivity index (χ0) is 20.3. The van der Waals surface area contributed by atoms with Gasteiger partial charge in [0.1, 0.15) is 13.2 Å². The molecular weight excluding hydrogens is 402 g/mol. The highest BCUT2D eigenvalue weighted by atomic mass is 32.2. The Bertz CT molecular complexity index is 896. The molecule has 3 aliphatic rings. The van der Waals surface area contributed by atoms with Gasteiger partial charge in [-0.15, -0.1) is 10.2 Å². The van der Waals surface area contributed by atoms with Gasteiger partial charge in [-0.25, -0.2) is 0 Å². The van der Waals surface area contributed by atoms with Crippen molar-refractivity contribution in [1.82, 2.24) is 15.1 Å². The van der Waals surface area contributed by atoms with Crippen LogP contribution in [0.1, 0.15) is 68.4 Å². The first-order chi connectivity index (χ1) is 14.8. The SMILES string of the molecule is O=C(CSc1nnc(C2CCCCC2)o1)N1CCC[C@H]1c1ccc2c(c1)OCCO2. The van der Waals surface area contributed by atoms with Crippen molar-refractivity contribution in [3.05, 3.63) is 29.7 Å². The van der Waals surface area contributed by atoms with Crippen LogP contribution in [0, 0.1) is 0 Å². The van der Waals surface area contributed by atoms with Crippen LogP contribution in [0.3, 0.4) is 0 Å². The molecular formula is C22H27N3O4S. The molecule has 5 rings (SSSR count). The van der Waals surface area contributed by atoms with Crippen molar-refractivity contribution < 1.29 is 18.7 Å². The molecule has 1 saturated carbocycles. The van der Waals surface area contributed by atoms with E-state index in [9.17, 15) is 4.79 Å². The van der Waals surface area contributed by atoms with Crippen LogP contribution in [-0.2, 0) is 4.79 Å². The summed E-state index contributed by atoms with van der Waals surface area (Å²) in [6.45, 7) is 1.92. The van der Waals surface area contributed by atoms with E-state index in [0.717, 1.165) is 55.2 Å². The zero-order valence-corrected chi connectivity index (χ0v) is 17.9. The molecule has 160 valence electrons. The first-order valence-corrected chi connectivity index (χ1v) is 11.9. The molecule has 1 aliphatic carbocycles. The highest BCUT2D eigenvalue weighted by molar-refractivity contribution is 7.99. The molecule has 0 N–H and O–H groups in total. The third-order valence-electron chi connectivity index (χ3n) is 6.22. The number of carbonyl (C=O) groups excluding carboxylic acids is 1. The molecule has 2 aliphatic heterocycles. The number of rotatable bonds is 5. The lowest BCUT2D eigenvalue weighted by Gasteiger charge is -2.26. The van der Waals surface area contributed by atoms with Gasteiger partial charge in [-0.1, -0.05) is 37.1 Å². The van der Waals surface area contributed by atoms with E-state index < -0.39 is 0 Å². The lowest BCUT2D eigenvalue weighted by molar-refractivity contribution is -0.129. The summed E-state index contributed by atoms with van der Waals surface area (Å²) in [5.74, 6) is 3.09. The molecule has 8 heteroatoms. The summed E-state index contributed by atoms with van der Waals surface area (Å²) in [4.78, 5) is 14.9. The molecule has 1 amide bonds. The summed E-state index contributed by atoms with van der Waals surface area (Å²) in [5.41, 5.74) is 1.10. The molecule has 1 aromatic heterocycles. The molecule has 1 aromatic carbocycles. The van der Waals surface area contributed by atoms with Crippen molar-refractivity contribution >= 4 is 17.7 Å². The van der Waals surface area contributed by atoms with Crippen LogP contribution in [0.2, 0.25) is 0 Å². The minimum Gasteiger partial charge on any atom is -0.486 e. The van der Waals surface area contributed by atoms with Gasteiger partial charge in [-0.2, -0.15) is 0 Å². The van der Waals surface area contributed by atoms with Crippen molar-refractivity contribution in [3.8, 4) is 11.5 Å². The van der Waals surface area contributed by atoms with Gasteiger partial charge in [0, 0.05) is 12.5 Å². The minimum atomic E-state index is 0.0782. The van der Waals surface area contributed by atoms with E-state index in [1.165, 1.54) is 31.0 Å². The maximum absolute atomic E-state index is 13.0. The van der Waals surface area contributed by atoms with Crippen LogP contribution in [0.5, 0.6) is 11.5 Å². The fourth-order valence-corrected chi connectivity index (χ4v) is 5.33. The van der Waals surface area contributed by atoms with Gasteiger partial charge in [0.2, 0.25) is 11.8 Å². The molecule has 1 saturated heterocycles. The van der Waals surface area contributed by atoms with Gasteiger partial charge >= 0.3 is 0 Å². The first kappa shape index (κ1) is 19.7. The summed E-state index contributed by atoms with van der Waals surface area (Å²) in [6, 6.07) is 6.09. The standard InChI is InChI=1S/C22H27N3O4S/c26-20(14-30-22-24-23-21(29-22)15-5-2-1-3-6-15)25-10-4-7-17(25)16-8-9-18-19(13-16)28-12-11-27-18/h8-9,13,15,17H,1-7,10-12,14H2/t17-/m0/s1. The van der Waals surface area contributed by atoms with Crippen molar-refractivity contribution in [2.45, 2.75) is 62.1 Å². The quantitative estimate of drug-likeness (QED) is 0.654. The van der Waals surface area contributed by atoms with Gasteiger partial charge < -0.3 is 18.8 Å². The highest BCUT2D eigenvalue weighted by Crippen LogP contribution is 2.38. The summed E-state index contributed by atoms with van der Waals surface area (Å²) in [6.07, 6.45) is 7.95. The van der Waals surface area contributed by atoms with Gasteiger partial charge in [0.05, 0.1) is 11.8 Å². The van der Waals surface area contributed by atoms with Crippen LogP contribution in [0.15, 0.2) is 27.8 Å². The molecule has 1 atom stereocenters. The van der Waals surface area contributed by atoms with Crippen LogP contribution >= 0.6 is 11.8 Å². The monoisotopic (exact) mass is 429 g/mol. The fraction of sp³-hybridized carbons (Fsp3) is 0.591. The predicted octanol–water partition coefficient (Wildman–Crippen LogP) is 4.34. The summed E-state index contributed by atoms with van der Waals surface area (Å²) in [5, 5.41) is 8.89. The third kappa shape index (κ3) is 4.15. The largest absolute Gasteiger partial charge is 0.486 e. The Balaban J connectivity index is 1.21. The van der Waals surface area contributed by atoms with Gasteiger partial charge in [0.15, 0.2) is 11.5 Å². The van der Waals surface area contributed by atoms with E-state index in [1.807, 2.05) is 23.1 Å². The van der Waals surface area contributed by atoms with Crippen molar-refractivity contribution in [2.75, 3.05) is 25.5 Å². The smallest absolute Gasteiger partial charge is 0.277 e. The Hall–Kier alpha value is -2.22. The number of benzene rings is 1. The van der Waals surface area contributed by atoms with E-state index in [-0.39, 0.29) is 11.9 Å². The molecule has 0 spiro atoms. The Kier molecular flexibility index (Phi) is 5.84. The van der Waals surface area contributed by atoms with Crippen LogP contribution in [-0.4, -0.2) is 46.5 Å². The zero-order valence-electron chi connectivity index (χ0n) is 17.0. The van der Waals surface area contributed by atoms with Crippen LogP contribution in [0.4, 0.5) is 0 Å². The van der Waals surface area contributed by atoms with E-state index in [2.05, 4.69) is 10.2 Å². The second kappa shape index (κ2) is 8.88. The summed E-state index contributed by atoms with van der Waals surface area (Å²) in [7, 11) is 0. The Morgan fingerprint density at radius 2 is 1.87 bits per heavy atom. The average Bonchev–Trinajstić information content (AvgIpc) is 3.48. The molecule has 3 heterocycles. The molecule has 2 aromatic rings. The molecule has 0 bridgehead atoms. The number of fused-ring (bicyclic) bond motifs is 1. The van der Waals surface area contributed by atoms with E-state index in [0.29, 0.717) is 30.1 Å². The number of ether oxygens (including phenoxy) is 2. The number of nitrogens with zero attached hydrogens (tertiary/aromatic N) is 3. The second-order valence-corrected chi connectivity index (χ2v) is 9.10. The number of likely N-dealkylation sites (tertiary alicyclic amines) is 1. The van der Waals surface area contributed by atoms with Gasteiger partial charge in [0.25, 0.3) is 5.22 Å². The molecule has 30 heavy (non-hydrogen) atoms. The first-order valence-electron chi connectivity index (χ1n) is 10.9. The Labute approximate surface area is 180 Å². The maximum atomic E-state index is 13.0. The fourth-order valence-electron chi connectivity index (χ4n) is 4.68. The van der Waals surface area contributed by atoms with Gasteiger partial charge in [-0.3, -0.25) is 4.79 Å². The van der Waals surface area contributed by atoms with E-state index in [4.69, 9.17) is 13.9 Å². The molecule has 7 nitrogen and oxygen atoms in total. The highest BCUT2D eigenvalue weighted by Gasteiger charge is 2.31. The topological polar surface area (TPSA) is 77.7 Å². The maximum Gasteiger partial charge on any atom is 0.277 e. The number of amides is 1. The van der Waals surface area contributed by atoms with Crippen molar-refractivity contribution in [3.63, 3.8) is 0 Å². The van der Waals surface area contributed by atoms with Crippen molar-refractivity contribution in [2.24, 2.45) is 0 Å². The Morgan fingerprint density at radius 3 is 2.73 bits per heavy atom. The number of hydrogen-bond donors (Lipinski definition) is 0. The molecule has 2 fully saturated rings. The van der Waals surface area contributed by atoms with Gasteiger partial charge in [-0.05, 0) is 43.4 Å². The average molecular weight is 430 g/mol. The minimum absolute atomic E-state index is 0.0782. The van der Waals surface area contributed by atoms with Crippen LogP contribution < -0.4 is 9.47 Å². The lowest BCUT2D eigenvalue weighted by atomic mass is 9.89. The Morgan fingerprint density at radius 1 is 1.03 bits per heavy atom. The molecule has 0 radical (unpaired) electrons. The normalized spacial score (nSPS) is 21.7. The third-order valence-corrected chi connectivity index (χ3v) is 7.02. The van der Waals surface area contributed by atoms with Crippen molar-refractivity contribution in [1.29, 1.82) is 0 Å². The summed E-state index contributed by atoms with van der Waals surface area (Å²) < 4.78 is 17.2. The number of hydrogen-bond acceptors (Lipinski definition) is 7. The number of carbonyl (C=O) groups is 1. The predicted molar refractivity (Wildman–Crippen MR) is 112 cm³/mol. The lowest BCUT2D eigenvalue weighted by Crippen LogP contribution is -2.32. The number of aromatic nitrogens is 2.